The number of carbonyl (C=O) groups is 2. The molecule has 33 heavy (non-hydrogen) atoms. The third kappa shape index (κ3) is 3.57. The van der Waals surface area contributed by atoms with E-state index in [1.807, 2.05) is 0 Å². The number of anilines is 1. The molecule has 0 bridgehead atoms. The first kappa shape index (κ1) is 21.2. The summed E-state index contributed by atoms with van der Waals surface area (Å²) < 4.78 is 11.7. The second-order valence-electron chi connectivity index (χ2n) is 7.45. The molecule has 1 aliphatic rings. The van der Waals surface area contributed by atoms with Crippen LogP contribution in [0.25, 0.3) is 16.0 Å². The molecule has 0 radical (unpaired) electrons. The summed E-state index contributed by atoms with van der Waals surface area (Å²) in [6, 6.07) is 14.2. The number of aromatic nitrogens is 1. The number of nitrogens with zero attached hydrogens (tertiary/aromatic N) is 2. The van der Waals surface area contributed by atoms with Crippen molar-refractivity contribution in [1.82, 2.24) is 4.98 Å². The molecule has 0 saturated carbocycles. The largest absolute Gasteiger partial charge is 0.507 e. The molecule has 1 saturated heterocycles. The van der Waals surface area contributed by atoms with Crippen molar-refractivity contribution in [2.75, 3.05) is 12.0 Å². The van der Waals surface area contributed by atoms with Crippen LogP contribution in [0.15, 0.2) is 64.6 Å². The third-order valence-corrected chi connectivity index (χ3v) is 6.64. The predicted molar refractivity (Wildman–Crippen MR) is 126 cm³/mol. The normalized spacial score (nSPS) is 17.8. The number of aliphatic hydroxyl groups excluding tert-OH is 1. The fourth-order valence-electron chi connectivity index (χ4n) is 3.79. The third-order valence-electron chi connectivity index (χ3n) is 5.38. The summed E-state index contributed by atoms with van der Waals surface area (Å²) in [5.41, 5.74) is 0.945. The lowest BCUT2D eigenvalue weighted by Crippen LogP contribution is -2.29. The van der Waals surface area contributed by atoms with Crippen molar-refractivity contribution >= 4 is 55.7 Å². The van der Waals surface area contributed by atoms with Gasteiger partial charge in [0.15, 0.2) is 5.13 Å². The molecule has 166 valence electrons. The number of hydrogen-bond donors (Lipinski definition) is 1. The Kier molecular flexibility index (Phi) is 5.19. The van der Waals surface area contributed by atoms with Crippen LogP contribution in [0.5, 0.6) is 5.75 Å². The van der Waals surface area contributed by atoms with E-state index >= 15 is 0 Å². The fraction of sp³-hybridized carbons (Fsp3) is 0.125. The molecule has 3 heterocycles. The van der Waals surface area contributed by atoms with Gasteiger partial charge in [0, 0.05) is 10.6 Å². The van der Waals surface area contributed by atoms with Crippen molar-refractivity contribution in [3.8, 4) is 5.75 Å². The van der Waals surface area contributed by atoms with Gasteiger partial charge in [-0.25, -0.2) is 4.98 Å². The van der Waals surface area contributed by atoms with Crippen molar-refractivity contribution in [3.63, 3.8) is 0 Å². The zero-order valence-corrected chi connectivity index (χ0v) is 19.1. The summed E-state index contributed by atoms with van der Waals surface area (Å²) >= 11 is 7.33. The van der Waals surface area contributed by atoms with Gasteiger partial charge >= 0.3 is 5.91 Å². The summed E-state index contributed by atoms with van der Waals surface area (Å²) in [6.07, 6.45) is 0. The second kappa shape index (κ2) is 8.06. The zero-order chi connectivity index (χ0) is 23.3. The van der Waals surface area contributed by atoms with Gasteiger partial charge in [-0.3, -0.25) is 14.5 Å². The smallest absolute Gasteiger partial charge is 0.302 e. The monoisotopic (exact) mass is 480 g/mol. The van der Waals surface area contributed by atoms with Crippen LogP contribution in [0, 0.1) is 6.92 Å². The Morgan fingerprint density at radius 3 is 2.58 bits per heavy atom. The maximum atomic E-state index is 13.2. The Hall–Kier alpha value is -3.62. The van der Waals surface area contributed by atoms with Crippen LogP contribution < -0.4 is 9.64 Å². The zero-order valence-electron chi connectivity index (χ0n) is 17.5. The highest BCUT2D eigenvalue weighted by atomic mass is 35.5. The lowest BCUT2D eigenvalue weighted by Gasteiger charge is -2.20. The maximum Gasteiger partial charge on any atom is 0.302 e. The Morgan fingerprint density at radius 2 is 1.91 bits per heavy atom. The van der Waals surface area contributed by atoms with Gasteiger partial charge < -0.3 is 14.3 Å². The molecule has 1 fully saturated rings. The lowest BCUT2D eigenvalue weighted by atomic mass is 9.99. The van der Waals surface area contributed by atoms with E-state index in [1.165, 1.54) is 23.3 Å². The molecule has 1 N–H and O–H groups in total. The number of aliphatic hydroxyl groups is 1. The summed E-state index contributed by atoms with van der Waals surface area (Å²) in [4.78, 5) is 32.2. The van der Waals surface area contributed by atoms with Crippen molar-refractivity contribution in [2.45, 2.75) is 13.0 Å². The minimum absolute atomic E-state index is 0.0724. The Labute approximate surface area is 197 Å². The van der Waals surface area contributed by atoms with E-state index in [-0.39, 0.29) is 11.3 Å². The average Bonchev–Trinajstić information content (AvgIpc) is 3.49. The van der Waals surface area contributed by atoms with Crippen LogP contribution >= 0.6 is 22.9 Å². The van der Waals surface area contributed by atoms with Crippen LogP contribution in [0.1, 0.15) is 23.1 Å². The predicted octanol–water partition coefficient (Wildman–Crippen LogP) is 5.49. The first-order valence-corrected chi connectivity index (χ1v) is 11.1. The molecule has 1 amide bonds. The summed E-state index contributed by atoms with van der Waals surface area (Å²) in [6.45, 7) is 1.76. The van der Waals surface area contributed by atoms with Gasteiger partial charge in [-0.05, 0) is 61.5 Å². The van der Waals surface area contributed by atoms with Crippen LogP contribution in [0.3, 0.4) is 0 Å². The van der Waals surface area contributed by atoms with E-state index in [0.717, 1.165) is 4.70 Å². The number of methoxy groups -OCH3 is 1. The van der Waals surface area contributed by atoms with Crippen molar-refractivity contribution in [2.24, 2.45) is 0 Å². The molecule has 0 aliphatic carbocycles. The number of Topliss-reactive ketones (excluding diaryl/α,β-unsaturated/α-hetero) is 1. The van der Waals surface area contributed by atoms with E-state index in [2.05, 4.69) is 4.98 Å². The maximum absolute atomic E-state index is 13.2. The Bertz CT molecular complexity index is 1440. The molecule has 1 atom stereocenters. The minimum Gasteiger partial charge on any atom is -0.507 e. The molecule has 2 aromatic heterocycles. The van der Waals surface area contributed by atoms with E-state index < -0.39 is 17.7 Å². The van der Waals surface area contributed by atoms with Crippen molar-refractivity contribution < 1.29 is 23.8 Å². The average molecular weight is 481 g/mol. The van der Waals surface area contributed by atoms with Gasteiger partial charge in [-0.1, -0.05) is 22.9 Å². The lowest BCUT2D eigenvalue weighted by molar-refractivity contribution is -0.132. The highest BCUT2D eigenvalue weighted by Gasteiger charge is 2.49. The Morgan fingerprint density at radius 1 is 1.15 bits per heavy atom. The van der Waals surface area contributed by atoms with Gasteiger partial charge in [-0.15, -0.1) is 0 Å². The summed E-state index contributed by atoms with van der Waals surface area (Å²) in [7, 11) is 1.53. The number of furan rings is 1. The van der Waals surface area contributed by atoms with Gasteiger partial charge in [0.25, 0.3) is 5.78 Å². The van der Waals surface area contributed by atoms with Gasteiger partial charge in [-0.2, -0.15) is 0 Å². The van der Waals surface area contributed by atoms with Crippen LogP contribution in [-0.2, 0) is 9.59 Å². The first-order valence-electron chi connectivity index (χ1n) is 9.95. The highest BCUT2D eigenvalue weighted by Crippen LogP contribution is 2.45. The van der Waals surface area contributed by atoms with E-state index in [9.17, 15) is 14.7 Å². The summed E-state index contributed by atoms with van der Waals surface area (Å²) in [5.74, 6) is -0.371. The first-order chi connectivity index (χ1) is 15.9. The minimum atomic E-state index is -0.975. The van der Waals surface area contributed by atoms with Gasteiger partial charge in [0.1, 0.15) is 29.1 Å². The number of benzene rings is 2. The van der Waals surface area contributed by atoms with Gasteiger partial charge in [0.05, 0.1) is 22.9 Å². The second-order valence-corrected chi connectivity index (χ2v) is 8.90. The molecule has 2 aromatic carbocycles. The van der Waals surface area contributed by atoms with E-state index in [0.29, 0.717) is 38.5 Å². The number of rotatable bonds is 4. The van der Waals surface area contributed by atoms with Crippen LogP contribution in [0.4, 0.5) is 5.13 Å². The number of hydrogen-bond acceptors (Lipinski definition) is 7. The number of amides is 1. The number of carbonyl (C=O) groups excluding carboxylic acids is 2. The molecule has 7 nitrogen and oxygen atoms in total. The molecule has 1 aliphatic heterocycles. The van der Waals surface area contributed by atoms with Crippen LogP contribution in [-0.4, -0.2) is 28.9 Å². The van der Waals surface area contributed by atoms with Gasteiger partial charge in [0.2, 0.25) is 0 Å². The van der Waals surface area contributed by atoms with E-state index in [1.54, 1.807) is 61.5 Å². The molecule has 0 spiro atoms. The number of ether oxygens (including phenoxy) is 1. The fourth-order valence-corrected chi connectivity index (χ4v) is 5.06. The summed E-state index contributed by atoms with van der Waals surface area (Å²) in [5, 5.41) is 12.0. The van der Waals surface area contributed by atoms with Crippen molar-refractivity contribution in [3.05, 3.63) is 82.3 Å². The number of thiazole rings is 1. The number of ketones is 1. The molecular weight excluding hydrogens is 464 g/mol. The Balaban J connectivity index is 1.70. The number of aryl methyl sites for hydroxylation is 1. The molecule has 9 heteroatoms. The quantitative estimate of drug-likeness (QED) is 0.236. The molecule has 1 unspecified atom stereocenters. The molecule has 4 aromatic rings. The van der Waals surface area contributed by atoms with E-state index in [4.69, 9.17) is 20.8 Å². The van der Waals surface area contributed by atoms with Crippen molar-refractivity contribution in [1.29, 1.82) is 0 Å². The SMILES string of the molecule is COc1ccc(C(O)=C2C(=O)C(=O)N(c3nc4ccc(Cl)cc4s3)C2c2ccc(C)o2)cc1. The number of halogens is 1. The van der Waals surface area contributed by atoms with Crippen LogP contribution in [0.2, 0.25) is 5.02 Å². The molecular formula is C24H17ClN2O5S. The topological polar surface area (TPSA) is 92.9 Å². The number of fused-ring (bicyclic) bond motifs is 1. The standard InChI is InChI=1S/C24H17ClN2O5S/c1-12-3-10-17(32-12)20-19(21(28)13-4-7-15(31-2)8-5-13)22(29)23(30)27(20)24-26-16-9-6-14(25)11-18(16)33-24/h3-11,20,28H,1-2H3. The highest BCUT2D eigenvalue weighted by molar-refractivity contribution is 7.22. The molecule has 5 rings (SSSR count).